The molecule has 0 bridgehead atoms. The molecule has 0 saturated carbocycles. The van der Waals surface area contributed by atoms with E-state index in [2.05, 4.69) is 31.0 Å². The van der Waals surface area contributed by atoms with Gasteiger partial charge in [-0.1, -0.05) is 6.07 Å². The Labute approximate surface area is 212 Å². The number of benzene rings is 2. The average Bonchev–Trinajstić information content (AvgIpc) is 3.33. The molecule has 2 amide bonds. The van der Waals surface area contributed by atoms with Crippen LogP contribution in [0.15, 0.2) is 42.5 Å². The van der Waals surface area contributed by atoms with Crippen LogP contribution in [0.3, 0.4) is 0 Å². The molecule has 2 aromatic carbocycles. The highest BCUT2D eigenvalue weighted by atomic mass is 19.4. The second kappa shape index (κ2) is 10.5. The highest BCUT2D eigenvalue weighted by Gasteiger charge is 2.32. The molecule has 3 aromatic rings. The second-order valence-electron chi connectivity index (χ2n) is 8.91. The SMILES string of the molecule is CNC(=O)c1cc(Nc2cc(NC(=O)c3cc(N4CCN(C)CC4)cc(C(F)(F)F)c3)ccc2C)n[nH]1. The number of aromatic amines is 1. The van der Waals surface area contributed by atoms with Crippen molar-refractivity contribution in [2.75, 3.05) is 55.8 Å². The molecule has 1 aromatic heterocycles. The monoisotopic (exact) mass is 515 g/mol. The van der Waals surface area contributed by atoms with Crippen LogP contribution in [0.1, 0.15) is 32.0 Å². The van der Waals surface area contributed by atoms with E-state index in [1.165, 1.54) is 19.2 Å². The van der Waals surface area contributed by atoms with Gasteiger partial charge in [0.05, 0.1) is 5.56 Å². The number of aryl methyl sites for hydroxylation is 1. The molecule has 0 aliphatic carbocycles. The Morgan fingerprint density at radius 2 is 1.73 bits per heavy atom. The number of carbonyl (C=O) groups excluding carboxylic acids is 2. The largest absolute Gasteiger partial charge is 0.416 e. The number of hydrogen-bond acceptors (Lipinski definition) is 6. The zero-order chi connectivity index (χ0) is 26.7. The molecule has 9 nitrogen and oxygen atoms in total. The average molecular weight is 516 g/mol. The normalized spacial score (nSPS) is 14.4. The number of rotatable bonds is 6. The molecule has 1 aliphatic heterocycles. The number of hydrogen-bond donors (Lipinski definition) is 4. The molecule has 4 N–H and O–H groups in total. The van der Waals surface area contributed by atoms with E-state index in [9.17, 15) is 22.8 Å². The molecular weight excluding hydrogens is 487 g/mol. The van der Waals surface area contributed by atoms with Crippen molar-refractivity contribution in [3.63, 3.8) is 0 Å². The van der Waals surface area contributed by atoms with Crippen LogP contribution in [-0.4, -0.2) is 67.2 Å². The fraction of sp³-hybridized carbons (Fsp3) is 0.320. The molecule has 4 rings (SSSR count). The number of carbonyl (C=O) groups is 2. The number of halogens is 3. The van der Waals surface area contributed by atoms with Crippen molar-refractivity contribution in [3.8, 4) is 0 Å². The van der Waals surface area contributed by atoms with Crippen molar-refractivity contribution in [1.82, 2.24) is 20.4 Å². The third-order valence-corrected chi connectivity index (χ3v) is 6.18. The first-order valence-corrected chi connectivity index (χ1v) is 11.7. The van der Waals surface area contributed by atoms with Gasteiger partial charge in [0.1, 0.15) is 5.69 Å². The number of nitrogens with one attached hydrogen (secondary N) is 4. The molecule has 0 unspecified atom stereocenters. The fourth-order valence-electron chi connectivity index (χ4n) is 3.97. The van der Waals surface area contributed by atoms with Crippen LogP contribution >= 0.6 is 0 Å². The Morgan fingerprint density at radius 3 is 2.41 bits per heavy atom. The van der Waals surface area contributed by atoms with E-state index >= 15 is 0 Å². The molecule has 0 spiro atoms. The highest BCUT2D eigenvalue weighted by molar-refractivity contribution is 6.05. The maximum Gasteiger partial charge on any atom is 0.416 e. The lowest BCUT2D eigenvalue weighted by Gasteiger charge is -2.34. The summed E-state index contributed by atoms with van der Waals surface area (Å²) >= 11 is 0. The van der Waals surface area contributed by atoms with E-state index in [-0.39, 0.29) is 17.2 Å². The van der Waals surface area contributed by atoms with Gasteiger partial charge in [0.25, 0.3) is 11.8 Å². The molecule has 1 saturated heterocycles. The summed E-state index contributed by atoms with van der Waals surface area (Å²) in [5.41, 5.74) is 1.51. The van der Waals surface area contributed by atoms with E-state index in [0.717, 1.165) is 30.8 Å². The molecule has 2 heterocycles. The first-order chi connectivity index (χ1) is 17.5. The van der Waals surface area contributed by atoms with Crippen molar-refractivity contribution in [2.45, 2.75) is 13.1 Å². The predicted octanol–water partition coefficient (Wildman–Crippen LogP) is 3.84. The van der Waals surface area contributed by atoms with E-state index in [1.54, 1.807) is 18.2 Å². The van der Waals surface area contributed by atoms with Crippen molar-refractivity contribution >= 4 is 34.7 Å². The minimum Gasteiger partial charge on any atom is -0.369 e. The number of nitrogens with zero attached hydrogens (tertiary/aromatic N) is 3. The summed E-state index contributed by atoms with van der Waals surface area (Å²) in [7, 11) is 3.46. The standard InChI is InChI=1S/C25H28F3N7O2/c1-15-4-5-18(13-20(15)31-22-14-21(32-33-22)24(37)29-2)30-23(36)16-10-17(25(26,27)28)12-19(11-16)35-8-6-34(3)7-9-35/h4-5,10-14H,6-9H2,1-3H3,(H,29,37)(H,30,36)(H2,31,32,33). The van der Waals surface area contributed by atoms with Crippen molar-refractivity contribution in [1.29, 1.82) is 0 Å². The van der Waals surface area contributed by atoms with Crippen molar-refractivity contribution in [3.05, 3.63) is 64.8 Å². The van der Waals surface area contributed by atoms with E-state index in [0.29, 0.717) is 36.0 Å². The summed E-state index contributed by atoms with van der Waals surface area (Å²) in [5.74, 6) is -0.590. The van der Waals surface area contributed by atoms with Crippen LogP contribution < -0.4 is 20.9 Å². The predicted molar refractivity (Wildman–Crippen MR) is 136 cm³/mol. The van der Waals surface area contributed by atoms with Gasteiger partial charge in [-0.3, -0.25) is 14.7 Å². The van der Waals surface area contributed by atoms with Gasteiger partial charge in [0.2, 0.25) is 0 Å². The Balaban J connectivity index is 1.56. The summed E-state index contributed by atoms with van der Waals surface area (Å²) in [6.07, 6.45) is -4.59. The number of anilines is 4. The summed E-state index contributed by atoms with van der Waals surface area (Å²) in [6.45, 7) is 4.42. The number of H-pyrrole nitrogens is 1. The number of alkyl halides is 3. The maximum atomic E-state index is 13.6. The van der Waals surface area contributed by atoms with Gasteiger partial charge in [-0.05, 0) is 49.9 Å². The smallest absolute Gasteiger partial charge is 0.369 e. The first kappa shape index (κ1) is 26.0. The third kappa shape index (κ3) is 6.20. The van der Waals surface area contributed by atoms with Gasteiger partial charge < -0.3 is 25.8 Å². The highest BCUT2D eigenvalue weighted by Crippen LogP contribution is 2.34. The zero-order valence-electron chi connectivity index (χ0n) is 20.7. The van der Waals surface area contributed by atoms with Gasteiger partial charge in [0.15, 0.2) is 5.82 Å². The molecule has 0 atom stereocenters. The topological polar surface area (TPSA) is 105 Å². The van der Waals surface area contributed by atoms with Gasteiger partial charge in [-0.2, -0.15) is 18.3 Å². The quantitative estimate of drug-likeness (QED) is 0.398. The minimum absolute atomic E-state index is 0.0821. The Morgan fingerprint density at radius 1 is 1.00 bits per heavy atom. The molecule has 37 heavy (non-hydrogen) atoms. The summed E-state index contributed by atoms with van der Waals surface area (Å²) in [6, 6.07) is 10.1. The molecule has 1 aliphatic rings. The van der Waals surface area contributed by atoms with Crippen LogP contribution in [0.25, 0.3) is 0 Å². The van der Waals surface area contributed by atoms with Crippen LogP contribution in [-0.2, 0) is 6.18 Å². The second-order valence-corrected chi connectivity index (χ2v) is 8.91. The van der Waals surface area contributed by atoms with Crippen LogP contribution in [0.5, 0.6) is 0 Å². The lowest BCUT2D eigenvalue weighted by atomic mass is 10.1. The Hall–Kier alpha value is -4.06. The summed E-state index contributed by atoms with van der Waals surface area (Å²) in [4.78, 5) is 28.8. The van der Waals surface area contributed by atoms with Crippen LogP contribution in [0, 0.1) is 6.92 Å². The van der Waals surface area contributed by atoms with E-state index in [1.807, 2.05) is 18.9 Å². The lowest BCUT2D eigenvalue weighted by molar-refractivity contribution is -0.137. The van der Waals surface area contributed by atoms with E-state index < -0.39 is 17.6 Å². The lowest BCUT2D eigenvalue weighted by Crippen LogP contribution is -2.44. The zero-order valence-corrected chi connectivity index (χ0v) is 20.7. The number of aromatic nitrogens is 2. The van der Waals surface area contributed by atoms with Gasteiger partial charge in [-0.25, -0.2) is 0 Å². The van der Waals surface area contributed by atoms with Gasteiger partial charge >= 0.3 is 6.18 Å². The number of piperazine rings is 1. The van der Waals surface area contributed by atoms with Gasteiger partial charge in [-0.15, -0.1) is 0 Å². The summed E-state index contributed by atoms with van der Waals surface area (Å²) in [5, 5.41) is 14.9. The van der Waals surface area contributed by atoms with Crippen molar-refractivity contribution in [2.24, 2.45) is 0 Å². The molecule has 196 valence electrons. The molecule has 1 fully saturated rings. The Bertz CT molecular complexity index is 1300. The van der Waals surface area contributed by atoms with E-state index in [4.69, 9.17) is 0 Å². The molecular formula is C25H28F3N7O2. The maximum absolute atomic E-state index is 13.6. The molecule has 0 radical (unpaired) electrons. The van der Waals surface area contributed by atoms with Crippen LogP contribution in [0.4, 0.5) is 36.1 Å². The van der Waals surface area contributed by atoms with Crippen LogP contribution in [0.2, 0.25) is 0 Å². The van der Waals surface area contributed by atoms with Crippen molar-refractivity contribution < 1.29 is 22.8 Å². The first-order valence-electron chi connectivity index (χ1n) is 11.7. The number of amides is 2. The molecule has 12 heteroatoms. The fourth-order valence-corrected chi connectivity index (χ4v) is 3.97. The number of likely N-dealkylation sites (N-methyl/N-ethyl adjacent to an activating group) is 1. The minimum atomic E-state index is -4.59. The third-order valence-electron chi connectivity index (χ3n) is 6.18. The Kier molecular flexibility index (Phi) is 7.39. The summed E-state index contributed by atoms with van der Waals surface area (Å²) < 4.78 is 40.9. The van der Waals surface area contributed by atoms with Gasteiger partial charge in [0, 0.05) is 61.9 Å².